The van der Waals surface area contributed by atoms with Crippen LogP contribution in [0.5, 0.6) is 5.75 Å². The van der Waals surface area contributed by atoms with Crippen LogP contribution in [0.1, 0.15) is 22.4 Å². The van der Waals surface area contributed by atoms with Gasteiger partial charge in [-0.1, -0.05) is 0 Å². The van der Waals surface area contributed by atoms with Crippen molar-refractivity contribution in [2.24, 2.45) is 7.05 Å². The van der Waals surface area contributed by atoms with E-state index in [1.807, 2.05) is 20.9 Å². The lowest BCUT2D eigenvalue weighted by molar-refractivity contribution is 0.281. The molecule has 1 aromatic carbocycles. The van der Waals surface area contributed by atoms with Crippen LogP contribution in [-0.4, -0.2) is 16.8 Å². The molecule has 1 N–H and O–H groups in total. The third kappa shape index (κ3) is 2.26. The summed E-state index contributed by atoms with van der Waals surface area (Å²) in [6, 6.07) is 6.26. The second-order valence-electron chi connectivity index (χ2n) is 4.99. The molecule has 0 aliphatic carbocycles. The van der Waals surface area contributed by atoms with E-state index in [2.05, 4.69) is 29.7 Å². The highest BCUT2D eigenvalue weighted by Crippen LogP contribution is 2.32. The predicted molar refractivity (Wildman–Crippen MR) is 77.5 cm³/mol. The van der Waals surface area contributed by atoms with Crippen LogP contribution < -0.4 is 4.74 Å². The molecule has 0 unspecified atom stereocenters. The van der Waals surface area contributed by atoms with Gasteiger partial charge in [-0.25, -0.2) is 0 Å². The number of rotatable bonds is 3. The van der Waals surface area contributed by atoms with Gasteiger partial charge in [0.2, 0.25) is 0 Å². The van der Waals surface area contributed by atoms with Gasteiger partial charge in [0.15, 0.2) is 0 Å². The molecule has 0 saturated heterocycles. The Morgan fingerprint density at radius 3 is 2.32 bits per heavy atom. The fourth-order valence-electron chi connectivity index (χ4n) is 2.47. The number of methoxy groups -OCH3 is 1. The molecule has 3 nitrogen and oxygen atoms in total. The van der Waals surface area contributed by atoms with E-state index in [9.17, 15) is 5.11 Å². The van der Waals surface area contributed by atoms with E-state index in [1.165, 1.54) is 11.1 Å². The summed E-state index contributed by atoms with van der Waals surface area (Å²) >= 11 is 0. The summed E-state index contributed by atoms with van der Waals surface area (Å²) in [6.07, 6.45) is 0. The molecule has 0 atom stereocenters. The van der Waals surface area contributed by atoms with Gasteiger partial charge in [0.25, 0.3) is 0 Å². The number of hydrogen-bond acceptors (Lipinski definition) is 2. The fraction of sp³-hybridized carbons (Fsp3) is 0.375. The van der Waals surface area contributed by atoms with Gasteiger partial charge in [-0.3, -0.25) is 0 Å². The zero-order chi connectivity index (χ0) is 14.2. The summed E-state index contributed by atoms with van der Waals surface area (Å²) in [5.41, 5.74) is 6.68. The molecule has 0 fully saturated rings. The topological polar surface area (TPSA) is 34.4 Å². The zero-order valence-electron chi connectivity index (χ0n) is 12.2. The molecule has 0 radical (unpaired) electrons. The summed E-state index contributed by atoms with van der Waals surface area (Å²) in [5, 5.41) is 9.38. The minimum absolute atomic E-state index is 0.0772. The largest absolute Gasteiger partial charge is 0.496 e. The van der Waals surface area contributed by atoms with Crippen LogP contribution in [0.2, 0.25) is 0 Å². The van der Waals surface area contributed by atoms with E-state index in [0.717, 1.165) is 28.3 Å². The van der Waals surface area contributed by atoms with Crippen LogP contribution in [0.3, 0.4) is 0 Å². The summed E-state index contributed by atoms with van der Waals surface area (Å²) in [4.78, 5) is 0. The molecule has 2 rings (SSSR count). The molecule has 0 saturated carbocycles. The quantitative estimate of drug-likeness (QED) is 0.919. The maximum Gasteiger partial charge on any atom is 0.122 e. The molecule has 0 aliphatic heterocycles. The molecular weight excluding hydrogens is 238 g/mol. The first-order valence-electron chi connectivity index (χ1n) is 6.41. The first kappa shape index (κ1) is 13.7. The Labute approximate surface area is 114 Å². The van der Waals surface area contributed by atoms with Gasteiger partial charge in [0.1, 0.15) is 5.75 Å². The van der Waals surface area contributed by atoms with Crippen molar-refractivity contribution in [3.8, 4) is 17.0 Å². The SMILES string of the molecule is COc1cc(C)c(-c2cc(CO)c(C)n2C)cc1C. The van der Waals surface area contributed by atoms with Crippen LogP contribution >= 0.6 is 0 Å². The number of aryl methyl sites for hydroxylation is 2. The van der Waals surface area contributed by atoms with E-state index in [1.54, 1.807) is 7.11 Å². The van der Waals surface area contributed by atoms with Crippen molar-refractivity contribution in [1.29, 1.82) is 0 Å². The second-order valence-corrected chi connectivity index (χ2v) is 4.99. The Morgan fingerprint density at radius 2 is 1.79 bits per heavy atom. The lowest BCUT2D eigenvalue weighted by Crippen LogP contribution is -1.97. The number of aliphatic hydroxyl groups is 1. The first-order chi connectivity index (χ1) is 8.99. The number of aromatic nitrogens is 1. The zero-order valence-corrected chi connectivity index (χ0v) is 12.2. The van der Waals surface area contributed by atoms with E-state index < -0.39 is 0 Å². The molecular formula is C16H21NO2. The lowest BCUT2D eigenvalue weighted by Gasteiger charge is -2.12. The highest BCUT2D eigenvalue weighted by atomic mass is 16.5. The van der Waals surface area contributed by atoms with Crippen molar-refractivity contribution >= 4 is 0 Å². The van der Waals surface area contributed by atoms with Crippen molar-refractivity contribution < 1.29 is 9.84 Å². The minimum Gasteiger partial charge on any atom is -0.496 e. The van der Waals surface area contributed by atoms with Crippen molar-refractivity contribution in [2.45, 2.75) is 27.4 Å². The fourth-order valence-corrected chi connectivity index (χ4v) is 2.47. The van der Waals surface area contributed by atoms with Crippen molar-refractivity contribution in [2.75, 3.05) is 7.11 Å². The van der Waals surface area contributed by atoms with Gasteiger partial charge >= 0.3 is 0 Å². The summed E-state index contributed by atoms with van der Waals surface area (Å²) in [5.74, 6) is 0.912. The monoisotopic (exact) mass is 259 g/mol. The highest BCUT2D eigenvalue weighted by molar-refractivity contribution is 5.68. The van der Waals surface area contributed by atoms with E-state index in [4.69, 9.17) is 4.74 Å². The van der Waals surface area contributed by atoms with Gasteiger partial charge in [-0.15, -0.1) is 0 Å². The molecule has 1 heterocycles. The van der Waals surface area contributed by atoms with Crippen molar-refractivity contribution in [3.63, 3.8) is 0 Å². The Morgan fingerprint density at radius 1 is 1.11 bits per heavy atom. The Balaban J connectivity index is 2.62. The molecule has 19 heavy (non-hydrogen) atoms. The van der Waals surface area contributed by atoms with Crippen LogP contribution in [0.25, 0.3) is 11.3 Å². The third-order valence-corrected chi connectivity index (χ3v) is 3.83. The van der Waals surface area contributed by atoms with Crippen LogP contribution in [0, 0.1) is 20.8 Å². The van der Waals surface area contributed by atoms with Gasteiger partial charge in [-0.2, -0.15) is 0 Å². The smallest absolute Gasteiger partial charge is 0.122 e. The third-order valence-electron chi connectivity index (χ3n) is 3.83. The van der Waals surface area contributed by atoms with Crippen LogP contribution in [-0.2, 0) is 13.7 Å². The van der Waals surface area contributed by atoms with Crippen LogP contribution in [0.15, 0.2) is 18.2 Å². The molecule has 102 valence electrons. The summed E-state index contributed by atoms with van der Waals surface area (Å²) < 4.78 is 7.48. The average Bonchev–Trinajstić information content (AvgIpc) is 2.68. The van der Waals surface area contributed by atoms with Gasteiger partial charge in [0.05, 0.1) is 13.7 Å². The van der Waals surface area contributed by atoms with Crippen molar-refractivity contribution in [1.82, 2.24) is 4.57 Å². The van der Waals surface area contributed by atoms with Gasteiger partial charge in [-0.05, 0) is 55.7 Å². The number of nitrogens with zero attached hydrogens (tertiary/aromatic N) is 1. The number of aliphatic hydroxyl groups excluding tert-OH is 1. The molecule has 0 amide bonds. The normalized spacial score (nSPS) is 10.8. The summed E-state index contributed by atoms with van der Waals surface area (Å²) in [7, 11) is 3.72. The molecule has 0 spiro atoms. The maximum absolute atomic E-state index is 9.38. The lowest BCUT2D eigenvalue weighted by atomic mass is 10.0. The average molecular weight is 259 g/mol. The number of ether oxygens (including phenoxy) is 1. The Kier molecular flexibility index (Phi) is 3.67. The number of hydrogen-bond donors (Lipinski definition) is 1. The molecule has 0 bridgehead atoms. The maximum atomic E-state index is 9.38. The highest BCUT2D eigenvalue weighted by Gasteiger charge is 2.13. The standard InChI is InChI=1S/C16H21NO2/c1-10-7-16(19-5)11(2)6-14(10)15-8-13(9-18)12(3)17(15)4/h6-8,18H,9H2,1-5H3. The van der Waals surface area contributed by atoms with Crippen molar-refractivity contribution in [3.05, 3.63) is 40.6 Å². The van der Waals surface area contributed by atoms with Gasteiger partial charge < -0.3 is 14.4 Å². The number of benzene rings is 1. The second kappa shape index (κ2) is 5.10. The summed E-state index contributed by atoms with van der Waals surface area (Å²) in [6.45, 7) is 6.23. The molecule has 0 aliphatic rings. The predicted octanol–water partition coefficient (Wildman–Crippen LogP) is 3.12. The van der Waals surface area contributed by atoms with Crippen LogP contribution in [0.4, 0.5) is 0 Å². The van der Waals surface area contributed by atoms with E-state index in [-0.39, 0.29) is 6.61 Å². The van der Waals surface area contributed by atoms with Gasteiger partial charge in [0, 0.05) is 24.0 Å². The molecule has 2 aromatic rings. The Hall–Kier alpha value is -1.74. The first-order valence-corrected chi connectivity index (χ1v) is 6.41. The molecule has 1 aromatic heterocycles. The van der Waals surface area contributed by atoms with E-state index in [0.29, 0.717) is 0 Å². The minimum atomic E-state index is 0.0772. The molecule has 3 heteroatoms. The van der Waals surface area contributed by atoms with E-state index >= 15 is 0 Å². The Bertz CT molecular complexity index is 612.